The first-order valence-electron chi connectivity index (χ1n) is 5.55. The third-order valence-corrected chi connectivity index (χ3v) is 2.68. The zero-order valence-electron chi connectivity index (χ0n) is 10.2. The zero-order chi connectivity index (χ0) is 13.2. The lowest BCUT2D eigenvalue weighted by Crippen LogP contribution is -2.06. The van der Waals surface area contributed by atoms with E-state index < -0.39 is 5.75 Å². The second-order valence-corrected chi connectivity index (χ2v) is 3.86. The van der Waals surface area contributed by atoms with E-state index in [1.165, 1.54) is 6.07 Å². The summed E-state index contributed by atoms with van der Waals surface area (Å²) in [5.74, 6) is -1.31. The van der Waals surface area contributed by atoms with Gasteiger partial charge >= 0.3 is 0 Å². The van der Waals surface area contributed by atoms with Crippen LogP contribution in [0.15, 0.2) is 6.07 Å². The maximum Gasteiger partial charge on any atom is 0.170 e. The smallest absolute Gasteiger partial charge is 0.170 e. The van der Waals surface area contributed by atoms with Crippen LogP contribution in [0, 0.1) is 6.92 Å². The number of benzene rings is 1. The van der Waals surface area contributed by atoms with Gasteiger partial charge in [0.15, 0.2) is 11.6 Å². The van der Waals surface area contributed by atoms with E-state index in [1.807, 2.05) is 0 Å². The van der Waals surface area contributed by atoms with Gasteiger partial charge in [0.25, 0.3) is 0 Å². The van der Waals surface area contributed by atoms with Crippen molar-refractivity contribution in [2.24, 2.45) is 0 Å². The van der Waals surface area contributed by atoms with Gasteiger partial charge in [-0.05, 0) is 18.6 Å². The van der Waals surface area contributed by atoms with Crippen LogP contribution in [0.5, 0.6) is 11.5 Å². The Morgan fingerprint density at radius 2 is 1.53 bits per heavy atom. The number of aryl methyl sites for hydroxylation is 1. The summed E-state index contributed by atoms with van der Waals surface area (Å²) in [6.45, 7) is 4.92. The van der Waals surface area contributed by atoms with Crippen molar-refractivity contribution in [1.82, 2.24) is 0 Å². The summed E-state index contributed by atoms with van der Waals surface area (Å²) in [7, 11) is 0. The topological polar surface area (TPSA) is 74.6 Å². The SMILES string of the molecule is CCC(=O)c1c(C)cc(O)c(C(=O)CC)c1O. The summed E-state index contributed by atoms with van der Waals surface area (Å²) in [4.78, 5) is 23.3. The molecule has 4 nitrogen and oxygen atoms in total. The summed E-state index contributed by atoms with van der Waals surface area (Å²) in [6.07, 6.45) is 0.392. The van der Waals surface area contributed by atoms with Crippen LogP contribution >= 0.6 is 0 Å². The minimum absolute atomic E-state index is 0.127. The van der Waals surface area contributed by atoms with Crippen LogP contribution in [0.4, 0.5) is 0 Å². The fourth-order valence-corrected chi connectivity index (χ4v) is 1.76. The van der Waals surface area contributed by atoms with Crippen LogP contribution < -0.4 is 0 Å². The van der Waals surface area contributed by atoms with Crippen molar-refractivity contribution < 1.29 is 19.8 Å². The Labute approximate surface area is 99.9 Å². The lowest BCUT2D eigenvalue weighted by Gasteiger charge is -2.12. The van der Waals surface area contributed by atoms with E-state index in [4.69, 9.17) is 0 Å². The van der Waals surface area contributed by atoms with E-state index in [2.05, 4.69) is 0 Å². The molecule has 1 rings (SSSR count). The molecule has 17 heavy (non-hydrogen) atoms. The highest BCUT2D eigenvalue weighted by Crippen LogP contribution is 2.35. The van der Waals surface area contributed by atoms with Crippen molar-refractivity contribution in [2.75, 3.05) is 0 Å². The number of Topliss-reactive ketones (excluding diaryl/α,β-unsaturated/α-hetero) is 2. The number of carbonyl (C=O) groups is 2. The minimum atomic E-state index is -0.402. The number of rotatable bonds is 4. The molecule has 0 amide bonds. The molecule has 0 spiro atoms. The van der Waals surface area contributed by atoms with Gasteiger partial charge in [0.2, 0.25) is 0 Å². The molecule has 0 heterocycles. The summed E-state index contributed by atoms with van der Waals surface area (Å²) < 4.78 is 0. The average Bonchev–Trinajstić information content (AvgIpc) is 2.27. The van der Waals surface area contributed by atoms with Gasteiger partial charge in [-0.1, -0.05) is 13.8 Å². The van der Waals surface area contributed by atoms with Gasteiger partial charge in [-0.2, -0.15) is 0 Å². The highest BCUT2D eigenvalue weighted by Gasteiger charge is 2.23. The first-order valence-corrected chi connectivity index (χ1v) is 5.55. The van der Waals surface area contributed by atoms with Crippen LogP contribution in [-0.4, -0.2) is 21.8 Å². The maximum atomic E-state index is 11.7. The number of hydrogen-bond donors (Lipinski definition) is 2. The fraction of sp³-hybridized carbons (Fsp3) is 0.385. The largest absolute Gasteiger partial charge is 0.507 e. The molecular weight excluding hydrogens is 220 g/mol. The van der Waals surface area contributed by atoms with Crippen LogP contribution in [0.1, 0.15) is 53.0 Å². The van der Waals surface area contributed by atoms with Gasteiger partial charge in [0, 0.05) is 12.8 Å². The molecule has 1 aromatic rings. The molecule has 0 saturated carbocycles. The van der Waals surface area contributed by atoms with Crippen molar-refractivity contribution in [3.05, 3.63) is 22.8 Å². The van der Waals surface area contributed by atoms with Gasteiger partial charge < -0.3 is 10.2 Å². The molecule has 0 fully saturated rings. The number of phenolic OH excluding ortho intramolecular Hbond substituents is 2. The van der Waals surface area contributed by atoms with Gasteiger partial charge in [0.05, 0.1) is 5.56 Å². The quantitative estimate of drug-likeness (QED) is 0.788. The van der Waals surface area contributed by atoms with E-state index >= 15 is 0 Å². The molecule has 92 valence electrons. The third-order valence-electron chi connectivity index (χ3n) is 2.68. The second-order valence-electron chi connectivity index (χ2n) is 3.86. The molecule has 0 aliphatic heterocycles. The normalized spacial score (nSPS) is 10.3. The average molecular weight is 236 g/mol. The van der Waals surface area contributed by atoms with Gasteiger partial charge in [0.1, 0.15) is 17.1 Å². The van der Waals surface area contributed by atoms with E-state index in [0.717, 1.165) is 0 Å². The van der Waals surface area contributed by atoms with Gasteiger partial charge in [-0.15, -0.1) is 0 Å². The molecule has 0 radical (unpaired) electrons. The summed E-state index contributed by atoms with van der Waals surface area (Å²) in [5.41, 5.74) is 0.441. The van der Waals surface area contributed by atoms with E-state index in [1.54, 1.807) is 20.8 Å². The highest BCUT2D eigenvalue weighted by atomic mass is 16.3. The molecule has 4 heteroatoms. The molecule has 1 aromatic carbocycles. The molecule has 0 aliphatic rings. The molecule has 0 atom stereocenters. The number of ketones is 2. The zero-order valence-corrected chi connectivity index (χ0v) is 10.2. The predicted octanol–water partition coefficient (Wildman–Crippen LogP) is 2.59. The Morgan fingerprint density at radius 3 is 2.00 bits per heavy atom. The Bertz CT molecular complexity index is 435. The van der Waals surface area contributed by atoms with E-state index in [0.29, 0.717) is 5.56 Å². The summed E-state index contributed by atoms with van der Waals surface area (Å²) in [5, 5.41) is 19.6. The summed E-state index contributed by atoms with van der Waals surface area (Å²) >= 11 is 0. The standard InChI is InChI=1S/C13H16O4/c1-4-8(14)11-7(3)6-10(16)12(13(11)17)9(15)5-2/h6,16-17H,4-5H2,1-3H3. The third kappa shape index (κ3) is 2.30. The lowest BCUT2D eigenvalue weighted by atomic mass is 9.95. The van der Waals surface area contributed by atoms with Crippen molar-refractivity contribution in [1.29, 1.82) is 0 Å². The van der Waals surface area contributed by atoms with Crippen LogP contribution in [0.3, 0.4) is 0 Å². The fourth-order valence-electron chi connectivity index (χ4n) is 1.76. The molecule has 0 unspecified atom stereocenters. The molecule has 0 aromatic heterocycles. The van der Waals surface area contributed by atoms with Gasteiger partial charge in [-0.3, -0.25) is 9.59 Å². The molecular formula is C13H16O4. The van der Waals surface area contributed by atoms with Crippen LogP contribution in [0.25, 0.3) is 0 Å². The Balaban J connectivity index is 3.54. The van der Waals surface area contributed by atoms with Crippen molar-refractivity contribution in [3.8, 4) is 11.5 Å². The lowest BCUT2D eigenvalue weighted by molar-refractivity contribution is 0.0981. The molecule has 0 aliphatic carbocycles. The van der Waals surface area contributed by atoms with Crippen molar-refractivity contribution in [2.45, 2.75) is 33.6 Å². The van der Waals surface area contributed by atoms with Crippen LogP contribution in [0.2, 0.25) is 0 Å². The number of aromatic hydroxyl groups is 2. The first-order chi connectivity index (χ1) is 7.93. The minimum Gasteiger partial charge on any atom is -0.507 e. The first kappa shape index (κ1) is 13.2. The molecule has 0 bridgehead atoms. The number of carbonyl (C=O) groups excluding carboxylic acids is 2. The molecule has 2 N–H and O–H groups in total. The van der Waals surface area contributed by atoms with Crippen molar-refractivity contribution in [3.63, 3.8) is 0 Å². The molecule has 0 saturated heterocycles. The van der Waals surface area contributed by atoms with Crippen molar-refractivity contribution >= 4 is 11.6 Å². The Hall–Kier alpha value is -1.84. The van der Waals surface area contributed by atoms with Gasteiger partial charge in [-0.25, -0.2) is 0 Å². The summed E-state index contributed by atoms with van der Waals surface area (Å²) in [6, 6.07) is 1.34. The monoisotopic (exact) mass is 236 g/mol. The van der Waals surface area contributed by atoms with Crippen LogP contribution in [-0.2, 0) is 0 Å². The van der Waals surface area contributed by atoms with E-state index in [-0.39, 0.29) is 41.3 Å². The maximum absolute atomic E-state index is 11.7. The van der Waals surface area contributed by atoms with E-state index in [9.17, 15) is 19.8 Å². The Morgan fingerprint density at radius 1 is 1.06 bits per heavy atom. The number of phenols is 2. The number of hydrogen-bond acceptors (Lipinski definition) is 4. The second kappa shape index (κ2) is 4.99. The highest BCUT2D eigenvalue weighted by molar-refractivity contribution is 6.07. The predicted molar refractivity (Wildman–Crippen MR) is 63.8 cm³/mol. The Kier molecular flexibility index (Phi) is 3.89.